The van der Waals surface area contributed by atoms with E-state index in [4.69, 9.17) is 17.0 Å². The van der Waals surface area contributed by atoms with Crippen LogP contribution in [0.4, 0.5) is 4.79 Å². The van der Waals surface area contributed by atoms with Crippen LogP contribution >= 0.6 is 24.0 Å². The van der Waals surface area contributed by atoms with Gasteiger partial charge < -0.3 is 4.74 Å². The van der Waals surface area contributed by atoms with Crippen LogP contribution in [0.2, 0.25) is 0 Å². The molecule has 0 fully saturated rings. The third-order valence-electron chi connectivity index (χ3n) is 4.16. The molecular weight excluding hydrogens is 364 g/mol. The molecule has 1 aliphatic rings. The van der Waals surface area contributed by atoms with Crippen LogP contribution < -0.4 is 0 Å². The molecule has 26 heavy (non-hydrogen) atoms. The summed E-state index contributed by atoms with van der Waals surface area (Å²) in [7, 11) is 1.29. The number of hydrogen-bond acceptors (Lipinski definition) is 5. The number of nitriles is 1. The molecule has 130 valence electrons. The lowest BCUT2D eigenvalue weighted by molar-refractivity contribution is 0.125. The van der Waals surface area contributed by atoms with Gasteiger partial charge in [0, 0.05) is 17.5 Å². The Morgan fingerprint density at radius 2 is 1.92 bits per heavy atom. The summed E-state index contributed by atoms with van der Waals surface area (Å²) in [6, 6.07) is 19.6. The first-order chi connectivity index (χ1) is 12.6. The molecular formula is C20H16N2O2S2. The molecule has 0 aliphatic carbocycles. The molecule has 0 radical (unpaired) electrons. The van der Waals surface area contributed by atoms with E-state index in [9.17, 15) is 10.1 Å². The van der Waals surface area contributed by atoms with Crippen molar-refractivity contribution in [2.24, 2.45) is 0 Å². The summed E-state index contributed by atoms with van der Waals surface area (Å²) in [6.45, 7) is 0. The van der Waals surface area contributed by atoms with Gasteiger partial charge in [-0.15, -0.1) is 11.8 Å². The summed E-state index contributed by atoms with van der Waals surface area (Å²) in [4.78, 5) is 13.6. The number of ether oxygens (including phenoxy) is 1. The first-order valence-electron chi connectivity index (χ1n) is 7.91. The predicted molar refractivity (Wildman–Crippen MR) is 107 cm³/mol. The van der Waals surface area contributed by atoms with Gasteiger partial charge in [0.05, 0.1) is 11.3 Å². The van der Waals surface area contributed by atoms with Gasteiger partial charge in [0.1, 0.15) is 6.07 Å². The molecule has 3 rings (SSSR count). The summed E-state index contributed by atoms with van der Waals surface area (Å²) in [5, 5.41) is 10.1. The zero-order valence-electron chi connectivity index (χ0n) is 14.1. The number of hydrogen-bond donors (Lipinski definition) is 0. The van der Waals surface area contributed by atoms with Crippen LogP contribution in [0.25, 0.3) is 6.08 Å². The zero-order chi connectivity index (χ0) is 18.6. The van der Waals surface area contributed by atoms with Gasteiger partial charge in [0.2, 0.25) is 5.54 Å². The molecule has 0 bridgehead atoms. The largest absolute Gasteiger partial charge is 0.452 e. The van der Waals surface area contributed by atoms with Crippen molar-refractivity contribution >= 4 is 40.3 Å². The van der Waals surface area contributed by atoms with E-state index in [-0.39, 0.29) is 0 Å². The fourth-order valence-corrected chi connectivity index (χ4v) is 4.24. The third kappa shape index (κ3) is 3.12. The van der Waals surface area contributed by atoms with Crippen LogP contribution in [0, 0.1) is 11.3 Å². The highest BCUT2D eigenvalue weighted by Crippen LogP contribution is 2.41. The quantitative estimate of drug-likeness (QED) is 0.721. The maximum atomic E-state index is 12.4. The molecule has 0 N–H and O–H groups in total. The van der Waals surface area contributed by atoms with E-state index >= 15 is 0 Å². The van der Waals surface area contributed by atoms with Crippen molar-refractivity contribution in [2.75, 3.05) is 7.11 Å². The lowest BCUT2D eigenvalue weighted by Crippen LogP contribution is -2.51. The van der Waals surface area contributed by atoms with Gasteiger partial charge in [-0.05, 0) is 17.2 Å². The molecule has 1 amide bonds. The van der Waals surface area contributed by atoms with Gasteiger partial charge in [0.15, 0.2) is 0 Å². The number of nitrogens with zero attached hydrogens (tertiary/aromatic N) is 2. The highest BCUT2D eigenvalue weighted by atomic mass is 32.2. The number of carbonyl (C=O) groups excluding carboxylic acids is 1. The Kier molecular flexibility index (Phi) is 5.40. The van der Waals surface area contributed by atoms with E-state index < -0.39 is 11.6 Å². The van der Waals surface area contributed by atoms with Gasteiger partial charge in [-0.1, -0.05) is 66.8 Å². The molecule has 6 heteroatoms. The topological polar surface area (TPSA) is 53.3 Å². The second kappa shape index (κ2) is 7.73. The Bertz CT molecular complexity index is 906. The van der Waals surface area contributed by atoms with E-state index in [1.54, 1.807) is 12.3 Å². The van der Waals surface area contributed by atoms with Crippen LogP contribution in [0.5, 0.6) is 0 Å². The minimum Gasteiger partial charge on any atom is -0.452 e. The van der Waals surface area contributed by atoms with Gasteiger partial charge in [0.25, 0.3) is 0 Å². The number of carbonyl (C=O) groups is 1. The molecule has 1 aliphatic heterocycles. The lowest BCUT2D eigenvalue weighted by atomic mass is 9.85. The van der Waals surface area contributed by atoms with Crippen molar-refractivity contribution in [3.8, 4) is 6.07 Å². The Balaban J connectivity index is 2.01. The number of benzene rings is 2. The summed E-state index contributed by atoms with van der Waals surface area (Å²) in [6.07, 6.45) is 2.72. The zero-order valence-corrected chi connectivity index (χ0v) is 15.7. The van der Waals surface area contributed by atoms with Gasteiger partial charge in [-0.2, -0.15) is 5.26 Å². The molecule has 2 aromatic rings. The van der Waals surface area contributed by atoms with E-state index in [0.29, 0.717) is 15.5 Å². The van der Waals surface area contributed by atoms with E-state index in [0.717, 1.165) is 11.1 Å². The number of amides is 1. The standard InChI is InChI=1S/C20H16N2O2S2/c1-24-19(23)22-12-11-16-9-5-6-10-17(16)20(22,14-21)18(25)26-13-15-7-3-2-4-8-15/h2-12H,13H2,1H3/t20-/m1/s1. The van der Waals surface area contributed by atoms with Crippen molar-refractivity contribution in [2.45, 2.75) is 11.3 Å². The maximum absolute atomic E-state index is 12.4. The second-order valence-electron chi connectivity index (χ2n) is 5.63. The van der Waals surface area contributed by atoms with Crippen LogP contribution in [0.1, 0.15) is 16.7 Å². The SMILES string of the molecule is COC(=O)N1C=Cc2ccccc2[C@]1(C#N)C(=S)SCc1ccccc1. The number of thioether (sulfide) groups is 1. The molecule has 0 spiro atoms. The van der Waals surface area contributed by atoms with Gasteiger partial charge in [-0.3, -0.25) is 4.90 Å². The fraction of sp³-hybridized carbons (Fsp3) is 0.150. The maximum Gasteiger partial charge on any atom is 0.415 e. The van der Waals surface area contributed by atoms with E-state index in [1.807, 2.05) is 54.6 Å². The van der Waals surface area contributed by atoms with E-state index in [2.05, 4.69) is 6.07 Å². The number of thiocarbonyl (C=S) groups is 1. The number of fused-ring (bicyclic) bond motifs is 1. The number of methoxy groups -OCH3 is 1. The monoisotopic (exact) mass is 380 g/mol. The van der Waals surface area contributed by atoms with Crippen LogP contribution in [-0.4, -0.2) is 22.3 Å². The Labute approximate surface area is 162 Å². The first kappa shape index (κ1) is 18.2. The Hall–Kier alpha value is -2.62. The van der Waals surface area contributed by atoms with Crippen molar-refractivity contribution in [3.05, 3.63) is 77.5 Å². The molecule has 1 heterocycles. The normalized spacial score (nSPS) is 17.9. The molecule has 2 aromatic carbocycles. The summed E-state index contributed by atoms with van der Waals surface area (Å²) in [5.41, 5.74) is 1.24. The van der Waals surface area contributed by atoms with Crippen LogP contribution in [0.15, 0.2) is 60.8 Å². The van der Waals surface area contributed by atoms with Crippen molar-refractivity contribution in [3.63, 3.8) is 0 Å². The first-order valence-corrected chi connectivity index (χ1v) is 9.30. The van der Waals surface area contributed by atoms with E-state index in [1.165, 1.54) is 23.8 Å². The fourth-order valence-electron chi connectivity index (χ4n) is 2.86. The Morgan fingerprint density at radius 3 is 2.62 bits per heavy atom. The summed E-state index contributed by atoms with van der Waals surface area (Å²) in [5.74, 6) is 0.615. The smallest absolute Gasteiger partial charge is 0.415 e. The van der Waals surface area contributed by atoms with Gasteiger partial charge >= 0.3 is 6.09 Å². The third-order valence-corrected chi connectivity index (χ3v) is 5.84. The predicted octanol–water partition coefficient (Wildman–Crippen LogP) is 4.72. The average Bonchev–Trinajstić information content (AvgIpc) is 2.71. The lowest BCUT2D eigenvalue weighted by Gasteiger charge is -2.39. The van der Waals surface area contributed by atoms with Crippen molar-refractivity contribution in [1.29, 1.82) is 5.26 Å². The number of rotatable bonds is 3. The minimum absolute atomic E-state index is 0.408. The average molecular weight is 380 g/mol. The van der Waals surface area contributed by atoms with Crippen molar-refractivity contribution in [1.82, 2.24) is 4.90 Å². The molecule has 1 atom stereocenters. The molecule has 0 unspecified atom stereocenters. The summed E-state index contributed by atoms with van der Waals surface area (Å²) >= 11 is 7.04. The molecule has 0 aromatic heterocycles. The van der Waals surface area contributed by atoms with Crippen LogP contribution in [0.3, 0.4) is 0 Å². The van der Waals surface area contributed by atoms with Crippen LogP contribution in [-0.2, 0) is 16.0 Å². The molecule has 0 saturated carbocycles. The molecule has 0 saturated heterocycles. The minimum atomic E-state index is -1.40. The Morgan fingerprint density at radius 1 is 1.23 bits per heavy atom. The highest BCUT2D eigenvalue weighted by Gasteiger charge is 2.48. The summed E-state index contributed by atoms with van der Waals surface area (Å²) < 4.78 is 5.30. The molecule has 4 nitrogen and oxygen atoms in total. The van der Waals surface area contributed by atoms with Gasteiger partial charge in [-0.25, -0.2) is 4.79 Å². The highest BCUT2D eigenvalue weighted by molar-refractivity contribution is 8.22. The van der Waals surface area contributed by atoms with Crippen molar-refractivity contribution < 1.29 is 9.53 Å². The second-order valence-corrected chi connectivity index (χ2v) is 7.28.